The van der Waals surface area contributed by atoms with Crippen LogP contribution in [-0.4, -0.2) is 83.1 Å². The van der Waals surface area contributed by atoms with Crippen molar-refractivity contribution in [2.75, 3.05) is 57.0 Å². The molecule has 0 aromatic heterocycles. The molecular weight excluding hydrogens is 290 g/mol. The fraction of sp³-hybridized carbons (Fsp3) is 1.00. The van der Waals surface area contributed by atoms with Crippen LogP contribution in [-0.2, 0) is 19.9 Å². The zero-order valence-electron chi connectivity index (χ0n) is 11.3. The largest absolute Gasteiger partial charge is 0.329 e. The Labute approximate surface area is 115 Å². The quantitative estimate of drug-likeness (QED) is 0.629. The summed E-state index contributed by atoms with van der Waals surface area (Å²) < 4.78 is 47.7. The molecule has 0 aromatic rings. The third-order valence-corrected chi connectivity index (χ3v) is 6.17. The second-order valence-corrected chi connectivity index (χ2v) is 9.18. The van der Waals surface area contributed by atoms with Gasteiger partial charge in [0, 0.05) is 39.0 Å². The number of sulfone groups is 1. The summed E-state index contributed by atoms with van der Waals surface area (Å²) in [6.45, 7) is 3.65. The highest BCUT2D eigenvalue weighted by molar-refractivity contribution is 7.93. The summed E-state index contributed by atoms with van der Waals surface area (Å²) in [6.07, 6.45) is 1.80. The SMILES string of the molecule is CS(=O)(=O)CCS(=O)(=O)N1CCCN(CCN)CC1. The van der Waals surface area contributed by atoms with Crippen LogP contribution < -0.4 is 5.73 Å². The minimum absolute atomic E-state index is 0.321. The summed E-state index contributed by atoms with van der Waals surface area (Å²) in [4.78, 5) is 2.13. The van der Waals surface area contributed by atoms with Gasteiger partial charge < -0.3 is 10.6 Å². The predicted octanol–water partition coefficient (Wildman–Crippen LogP) is -1.67. The molecule has 1 rings (SSSR count). The van der Waals surface area contributed by atoms with Gasteiger partial charge in [0.1, 0.15) is 9.84 Å². The van der Waals surface area contributed by atoms with Gasteiger partial charge in [-0.2, -0.15) is 0 Å². The van der Waals surface area contributed by atoms with Gasteiger partial charge in [-0.15, -0.1) is 0 Å². The molecular formula is C10H23N3O4S2. The summed E-state index contributed by atoms with van der Waals surface area (Å²) in [7, 11) is -6.74. The van der Waals surface area contributed by atoms with Crippen molar-refractivity contribution in [2.45, 2.75) is 6.42 Å². The highest BCUT2D eigenvalue weighted by atomic mass is 32.2. The summed E-state index contributed by atoms with van der Waals surface area (Å²) in [5, 5.41) is 0. The first kappa shape index (κ1) is 16.8. The van der Waals surface area contributed by atoms with Crippen LogP contribution in [0.25, 0.3) is 0 Å². The molecule has 114 valence electrons. The van der Waals surface area contributed by atoms with E-state index in [9.17, 15) is 16.8 Å². The van der Waals surface area contributed by atoms with Gasteiger partial charge >= 0.3 is 0 Å². The molecule has 0 amide bonds. The number of rotatable bonds is 6. The van der Waals surface area contributed by atoms with E-state index in [0.717, 1.165) is 25.8 Å². The predicted molar refractivity (Wildman–Crippen MR) is 75.2 cm³/mol. The molecule has 0 aromatic carbocycles. The van der Waals surface area contributed by atoms with Crippen molar-refractivity contribution in [2.24, 2.45) is 5.73 Å². The monoisotopic (exact) mass is 313 g/mol. The molecule has 0 radical (unpaired) electrons. The molecule has 1 aliphatic rings. The lowest BCUT2D eigenvalue weighted by molar-refractivity contribution is 0.294. The molecule has 0 bridgehead atoms. The van der Waals surface area contributed by atoms with Crippen LogP contribution in [0.1, 0.15) is 6.42 Å². The molecule has 2 N–H and O–H groups in total. The molecule has 1 heterocycles. The molecule has 9 heteroatoms. The molecule has 1 fully saturated rings. The van der Waals surface area contributed by atoms with Crippen molar-refractivity contribution >= 4 is 19.9 Å². The van der Waals surface area contributed by atoms with Crippen LogP contribution in [0.4, 0.5) is 0 Å². The number of sulfonamides is 1. The summed E-state index contributed by atoms with van der Waals surface area (Å²) >= 11 is 0. The lowest BCUT2D eigenvalue weighted by Gasteiger charge is -2.21. The van der Waals surface area contributed by atoms with Gasteiger partial charge in [0.2, 0.25) is 10.0 Å². The van der Waals surface area contributed by atoms with Crippen molar-refractivity contribution in [3.05, 3.63) is 0 Å². The highest BCUT2D eigenvalue weighted by Gasteiger charge is 2.25. The van der Waals surface area contributed by atoms with Gasteiger partial charge in [0.05, 0.1) is 11.5 Å². The maximum atomic E-state index is 12.1. The average Bonchev–Trinajstić information content (AvgIpc) is 2.52. The smallest absolute Gasteiger partial charge is 0.215 e. The zero-order valence-corrected chi connectivity index (χ0v) is 12.9. The van der Waals surface area contributed by atoms with Crippen molar-refractivity contribution in [3.63, 3.8) is 0 Å². The van der Waals surface area contributed by atoms with Gasteiger partial charge in [-0.1, -0.05) is 0 Å². The van der Waals surface area contributed by atoms with Crippen LogP contribution in [0.15, 0.2) is 0 Å². The van der Waals surface area contributed by atoms with E-state index in [1.54, 1.807) is 0 Å². The van der Waals surface area contributed by atoms with Crippen LogP contribution in [0.5, 0.6) is 0 Å². The maximum Gasteiger partial charge on any atom is 0.215 e. The van der Waals surface area contributed by atoms with E-state index in [-0.39, 0.29) is 11.5 Å². The molecule has 0 saturated carbocycles. The Hall–Kier alpha value is -0.220. The Kier molecular flexibility index (Phi) is 6.18. The molecule has 0 spiro atoms. The van der Waals surface area contributed by atoms with Crippen LogP contribution >= 0.6 is 0 Å². The van der Waals surface area contributed by atoms with E-state index < -0.39 is 19.9 Å². The van der Waals surface area contributed by atoms with E-state index in [1.165, 1.54) is 4.31 Å². The highest BCUT2D eigenvalue weighted by Crippen LogP contribution is 2.09. The van der Waals surface area contributed by atoms with Crippen molar-refractivity contribution in [3.8, 4) is 0 Å². The number of nitrogens with two attached hydrogens (primary N) is 1. The molecule has 1 aliphatic heterocycles. The van der Waals surface area contributed by atoms with E-state index in [2.05, 4.69) is 4.90 Å². The minimum Gasteiger partial charge on any atom is -0.329 e. The summed E-state index contributed by atoms with van der Waals surface area (Å²) in [5.74, 6) is -0.652. The van der Waals surface area contributed by atoms with E-state index >= 15 is 0 Å². The Balaban J connectivity index is 2.59. The maximum absolute atomic E-state index is 12.1. The standard InChI is InChI=1S/C10H23N3O4S2/c1-18(14,15)9-10-19(16,17)13-5-2-4-12(6-3-11)7-8-13/h2-11H2,1H3. The Morgan fingerprint density at radius 1 is 1.00 bits per heavy atom. The van der Waals surface area contributed by atoms with Crippen LogP contribution in [0.2, 0.25) is 0 Å². The Bertz CT molecular complexity index is 475. The first-order chi connectivity index (χ1) is 8.74. The van der Waals surface area contributed by atoms with E-state index in [4.69, 9.17) is 5.73 Å². The molecule has 0 atom stereocenters. The van der Waals surface area contributed by atoms with Gasteiger partial charge in [-0.05, 0) is 13.0 Å². The molecule has 19 heavy (non-hydrogen) atoms. The molecule has 0 unspecified atom stereocenters. The lowest BCUT2D eigenvalue weighted by Crippen LogP contribution is -2.38. The summed E-state index contributed by atoms with van der Waals surface area (Å²) in [5.41, 5.74) is 5.49. The second kappa shape index (κ2) is 6.98. The average molecular weight is 313 g/mol. The Morgan fingerprint density at radius 3 is 2.26 bits per heavy atom. The zero-order chi connectivity index (χ0) is 14.5. The number of hydrogen-bond donors (Lipinski definition) is 1. The third kappa shape index (κ3) is 6.17. The first-order valence-corrected chi connectivity index (χ1v) is 9.99. The fourth-order valence-corrected chi connectivity index (χ4v) is 5.10. The minimum atomic E-state index is -3.48. The van der Waals surface area contributed by atoms with Crippen molar-refractivity contribution < 1.29 is 16.8 Å². The Morgan fingerprint density at radius 2 is 1.68 bits per heavy atom. The number of nitrogens with zero attached hydrogens (tertiary/aromatic N) is 2. The third-order valence-electron chi connectivity index (χ3n) is 3.10. The van der Waals surface area contributed by atoms with Crippen LogP contribution in [0.3, 0.4) is 0 Å². The van der Waals surface area contributed by atoms with Crippen LogP contribution in [0, 0.1) is 0 Å². The van der Waals surface area contributed by atoms with Gasteiger partial charge in [0.15, 0.2) is 0 Å². The van der Waals surface area contributed by atoms with Gasteiger partial charge in [-0.3, -0.25) is 0 Å². The number of hydrogen-bond acceptors (Lipinski definition) is 6. The van der Waals surface area contributed by atoms with Gasteiger partial charge in [0.25, 0.3) is 0 Å². The van der Waals surface area contributed by atoms with E-state index in [1.807, 2.05) is 0 Å². The molecule has 0 aliphatic carbocycles. The van der Waals surface area contributed by atoms with Crippen molar-refractivity contribution in [1.29, 1.82) is 0 Å². The fourth-order valence-electron chi connectivity index (χ4n) is 2.02. The normalized spacial score (nSPS) is 20.3. The topological polar surface area (TPSA) is 101 Å². The van der Waals surface area contributed by atoms with Crippen molar-refractivity contribution in [1.82, 2.24) is 9.21 Å². The summed E-state index contributed by atoms with van der Waals surface area (Å²) in [6, 6.07) is 0. The second-order valence-electron chi connectivity index (χ2n) is 4.83. The first-order valence-electron chi connectivity index (χ1n) is 6.32. The lowest BCUT2D eigenvalue weighted by atomic mass is 10.4. The van der Waals surface area contributed by atoms with Gasteiger partial charge in [-0.25, -0.2) is 21.1 Å². The molecule has 7 nitrogen and oxygen atoms in total. The van der Waals surface area contributed by atoms with E-state index in [0.29, 0.717) is 26.2 Å². The molecule has 1 saturated heterocycles.